The molecule has 1 aromatic carbocycles. The van der Waals surface area contributed by atoms with Crippen LogP contribution in [0.1, 0.15) is 6.92 Å². The van der Waals surface area contributed by atoms with Crippen LogP contribution in [0.15, 0.2) is 33.9 Å². The smallest absolute Gasteiger partial charge is 0.324 e. The molecule has 0 radical (unpaired) electrons. The molecule has 0 bridgehead atoms. The van der Waals surface area contributed by atoms with Crippen LogP contribution in [0.3, 0.4) is 0 Å². The Labute approximate surface area is 150 Å². The zero-order valence-corrected chi connectivity index (χ0v) is 15.2. The summed E-state index contributed by atoms with van der Waals surface area (Å²) in [5.74, 6) is 6.29. The van der Waals surface area contributed by atoms with E-state index in [2.05, 4.69) is 31.4 Å². The van der Waals surface area contributed by atoms with Gasteiger partial charge in [0.15, 0.2) is 5.82 Å². The molecule has 1 unspecified atom stereocenters. The standard InChI is InChI=1S/C14H15BrN6O2S/c1-8(12(22)20-7-6-17-13(20)23)24-14-19-18-11(21(14)16)9-4-2-3-5-10(9)15/h2-5,8H,6-7,16H2,1H3,(H,17,23). The van der Waals surface area contributed by atoms with Crippen molar-refractivity contribution in [3.05, 3.63) is 28.7 Å². The maximum atomic E-state index is 12.3. The Balaban J connectivity index is 1.78. The van der Waals surface area contributed by atoms with Gasteiger partial charge in [-0.3, -0.25) is 9.69 Å². The molecule has 126 valence electrons. The lowest BCUT2D eigenvalue weighted by Crippen LogP contribution is -2.39. The molecule has 2 aromatic rings. The predicted octanol–water partition coefficient (Wildman–Crippen LogP) is 1.45. The van der Waals surface area contributed by atoms with Crippen molar-refractivity contribution in [2.45, 2.75) is 17.3 Å². The largest absolute Gasteiger partial charge is 0.336 e. The van der Waals surface area contributed by atoms with Gasteiger partial charge < -0.3 is 11.2 Å². The number of hydrogen-bond donors (Lipinski definition) is 2. The van der Waals surface area contributed by atoms with E-state index < -0.39 is 5.25 Å². The first-order valence-corrected chi connectivity index (χ1v) is 8.87. The minimum atomic E-state index is -0.507. The first-order valence-electron chi connectivity index (χ1n) is 7.20. The predicted molar refractivity (Wildman–Crippen MR) is 93.7 cm³/mol. The van der Waals surface area contributed by atoms with Crippen molar-refractivity contribution in [3.8, 4) is 11.4 Å². The molecule has 1 saturated heterocycles. The van der Waals surface area contributed by atoms with E-state index in [-0.39, 0.29) is 11.9 Å². The maximum Gasteiger partial charge on any atom is 0.324 e. The van der Waals surface area contributed by atoms with Gasteiger partial charge in [-0.15, -0.1) is 10.2 Å². The molecule has 1 aromatic heterocycles. The molecule has 24 heavy (non-hydrogen) atoms. The van der Waals surface area contributed by atoms with E-state index in [1.165, 1.54) is 21.3 Å². The molecule has 3 rings (SSSR count). The molecule has 0 saturated carbocycles. The zero-order chi connectivity index (χ0) is 17.3. The number of carbonyl (C=O) groups is 2. The average Bonchev–Trinajstić information content (AvgIpc) is 3.14. The molecule has 1 aliphatic rings. The highest BCUT2D eigenvalue weighted by molar-refractivity contribution is 9.10. The van der Waals surface area contributed by atoms with Gasteiger partial charge in [-0.2, -0.15) is 0 Å². The summed E-state index contributed by atoms with van der Waals surface area (Å²) >= 11 is 4.62. The summed E-state index contributed by atoms with van der Waals surface area (Å²) < 4.78 is 2.19. The molecule has 3 amide bonds. The molecule has 1 atom stereocenters. The third-order valence-corrected chi connectivity index (χ3v) is 5.27. The summed E-state index contributed by atoms with van der Waals surface area (Å²) in [4.78, 5) is 25.1. The topological polar surface area (TPSA) is 106 Å². The second-order valence-corrected chi connectivity index (χ2v) is 7.30. The lowest BCUT2D eigenvalue weighted by molar-refractivity contribution is -0.126. The highest BCUT2D eigenvalue weighted by Crippen LogP contribution is 2.29. The van der Waals surface area contributed by atoms with E-state index in [0.29, 0.717) is 24.1 Å². The van der Waals surface area contributed by atoms with Gasteiger partial charge in [0.05, 0.1) is 5.25 Å². The Morgan fingerprint density at radius 3 is 2.83 bits per heavy atom. The van der Waals surface area contributed by atoms with Crippen molar-refractivity contribution >= 4 is 39.6 Å². The number of nitrogens with two attached hydrogens (primary N) is 1. The monoisotopic (exact) mass is 410 g/mol. The number of amides is 3. The normalized spacial score (nSPS) is 15.4. The van der Waals surface area contributed by atoms with E-state index in [4.69, 9.17) is 5.84 Å². The number of imide groups is 1. The SMILES string of the molecule is CC(Sc1nnc(-c2ccccc2Br)n1N)C(=O)N1CCNC1=O. The number of urea groups is 1. The highest BCUT2D eigenvalue weighted by Gasteiger charge is 2.31. The third kappa shape index (κ3) is 3.11. The van der Waals surface area contributed by atoms with Gasteiger partial charge in [0.1, 0.15) is 0 Å². The van der Waals surface area contributed by atoms with Crippen LogP contribution >= 0.6 is 27.7 Å². The molecule has 1 aliphatic heterocycles. The number of carbonyl (C=O) groups excluding carboxylic acids is 2. The Kier molecular flexibility index (Phi) is 4.76. The lowest BCUT2D eigenvalue weighted by atomic mass is 10.2. The van der Waals surface area contributed by atoms with E-state index in [0.717, 1.165) is 10.0 Å². The first kappa shape index (κ1) is 16.8. The Morgan fingerprint density at radius 2 is 2.17 bits per heavy atom. The van der Waals surface area contributed by atoms with Crippen LogP contribution in [0.5, 0.6) is 0 Å². The zero-order valence-electron chi connectivity index (χ0n) is 12.8. The van der Waals surface area contributed by atoms with E-state index >= 15 is 0 Å². The molecule has 2 heterocycles. The van der Waals surface area contributed by atoms with Crippen LogP contribution in [-0.4, -0.2) is 50.1 Å². The lowest BCUT2D eigenvalue weighted by Gasteiger charge is -2.16. The van der Waals surface area contributed by atoms with Crippen LogP contribution in [-0.2, 0) is 4.79 Å². The molecule has 8 nitrogen and oxygen atoms in total. The average molecular weight is 411 g/mol. The minimum Gasteiger partial charge on any atom is -0.336 e. The van der Waals surface area contributed by atoms with E-state index in [1.807, 2.05) is 24.3 Å². The van der Waals surface area contributed by atoms with Gasteiger partial charge in [-0.05, 0) is 19.1 Å². The summed E-state index contributed by atoms with van der Waals surface area (Å²) in [6.45, 7) is 2.56. The van der Waals surface area contributed by atoms with Gasteiger partial charge in [0, 0.05) is 23.1 Å². The van der Waals surface area contributed by atoms with Crippen molar-refractivity contribution < 1.29 is 9.59 Å². The number of halogens is 1. The molecule has 10 heteroatoms. The van der Waals surface area contributed by atoms with Crippen LogP contribution in [0.4, 0.5) is 4.79 Å². The first-order chi connectivity index (χ1) is 11.5. The quantitative estimate of drug-likeness (QED) is 0.583. The van der Waals surface area contributed by atoms with Gasteiger partial charge in [0.25, 0.3) is 0 Å². The van der Waals surface area contributed by atoms with Crippen molar-refractivity contribution in [2.24, 2.45) is 0 Å². The second-order valence-electron chi connectivity index (χ2n) is 5.14. The number of thioether (sulfide) groups is 1. The Morgan fingerprint density at radius 1 is 1.42 bits per heavy atom. The van der Waals surface area contributed by atoms with Gasteiger partial charge >= 0.3 is 6.03 Å². The molecule has 0 spiro atoms. The minimum absolute atomic E-state index is 0.277. The highest BCUT2D eigenvalue weighted by atomic mass is 79.9. The number of rotatable bonds is 4. The van der Waals surface area contributed by atoms with Crippen LogP contribution in [0.2, 0.25) is 0 Å². The second kappa shape index (κ2) is 6.81. The van der Waals surface area contributed by atoms with E-state index in [9.17, 15) is 9.59 Å². The maximum absolute atomic E-state index is 12.3. The number of nitrogens with zero attached hydrogens (tertiary/aromatic N) is 4. The molecule has 0 aliphatic carbocycles. The molecule has 1 fully saturated rings. The Hall–Kier alpha value is -2.07. The molecule has 3 N–H and O–H groups in total. The summed E-state index contributed by atoms with van der Waals surface area (Å²) in [5, 5.41) is 10.7. The fourth-order valence-electron chi connectivity index (χ4n) is 2.29. The summed E-state index contributed by atoms with van der Waals surface area (Å²) in [7, 11) is 0. The van der Waals surface area contributed by atoms with Crippen molar-refractivity contribution in [2.75, 3.05) is 18.9 Å². The summed E-state index contributed by atoms with van der Waals surface area (Å²) in [5.41, 5.74) is 0.803. The number of aromatic nitrogens is 3. The van der Waals surface area contributed by atoms with Gasteiger partial charge in [0.2, 0.25) is 11.1 Å². The summed E-state index contributed by atoms with van der Waals surface area (Å²) in [6.07, 6.45) is 0. The van der Waals surface area contributed by atoms with Crippen LogP contribution in [0.25, 0.3) is 11.4 Å². The van der Waals surface area contributed by atoms with Crippen molar-refractivity contribution in [1.82, 2.24) is 25.1 Å². The number of nitrogen functional groups attached to an aromatic ring is 1. The number of nitrogens with one attached hydrogen (secondary N) is 1. The number of hydrogen-bond acceptors (Lipinski definition) is 6. The van der Waals surface area contributed by atoms with Crippen LogP contribution < -0.4 is 11.2 Å². The molecular weight excluding hydrogens is 396 g/mol. The fraction of sp³-hybridized carbons (Fsp3) is 0.286. The fourth-order valence-corrected chi connectivity index (χ4v) is 3.59. The van der Waals surface area contributed by atoms with Gasteiger partial charge in [-0.25, -0.2) is 9.47 Å². The molecular formula is C14H15BrN6O2S. The van der Waals surface area contributed by atoms with Crippen LogP contribution in [0, 0.1) is 0 Å². The third-order valence-electron chi connectivity index (χ3n) is 3.53. The Bertz CT molecular complexity index is 795. The van der Waals surface area contributed by atoms with Crippen molar-refractivity contribution in [3.63, 3.8) is 0 Å². The van der Waals surface area contributed by atoms with E-state index in [1.54, 1.807) is 6.92 Å². The van der Waals surface area contributed by atoms with Crippen molar-refractivity contribution in [1.29, 1.82) is 0 Å². The van der Waals surface area contributed by atoms with Gasteiger partial charge in [-0.1, -0.05) is 39.8 Å². The number of benzene rings is 1. The summed E-state index contributed by atoms with van der Waals surface area (Å²) in [6, 6.07) is 7.15.